The van der Waals surface area contributed by atoms with Gasteiger partial charge < -0.3 is 4.48 Å². The van der Waals surface area contributed by atoms with Crippen LogP contribution in [0.3, 0.4) is 0 Å². The van der Waals surface area contributed by atoms with Crippen LogP contribution in [0.1, 0.15) is 103 Å². The minimum atomic E-state index is -4.30. The molecular formula is C33H57N2O2S+. The van der Waals surface area contributed by atoms with Crippen molar-refractivity contribution in [3.8, 4) is 0 Å². The van der Waals surface area contributed by atoms with Crippen LogP contribution in [0, 0.1) is 6.92 Å². The van der Waals surface area contributed by atoms with Gasteiger partial charge in [0, 0.05) is 6.42 Å². The first kappa shape index (κ1) is 32.5. The number of unbranched alkanes of at least 4 members (excludes halogenated alkanes) is 10. The van der Waals surface area contributed by atoms with E-state index in [2.05, 4.69) is 25.6 Å². The van der Waals surface area contributed by atoms with Gasteiger partial charge in [0.15, 0.2) is 0 Å². The molecule has 0 aromatic heterocycles. The molecule has 0 aliphatic rings. The van der Waals surface area contributed by atoms with E-state index in [0.717, 1.165) is 29.7 Å². The van der Waals surface area contributed by atoms with Gasteiger partial charge in [-0.1, -0.05) is 101 Å². The van der Waals surface area contributed by atoms with Gasteiger partial charge in [-0.25, -0.2) is 0 Å². The van der Waals surface area contributed by atoms with Gasteiger partial charge >= 0.3 is 0 Å². The van der Waals surface area contributed by atoms with Crippen LogP contribution in [-0.2, 0) is 9.53 Å². The largest absolute Gasteiger partial charge is 0.326 e. The Hall–Kier alpha value is -1.69. The Morgan fingerprint density at radius 1 is 0.684 bits per heavy atom. The molecule has 0 amide bonds. The number of benzene rings is 2. The maximum absolute atomic E-state index is 14.5. The molecule has 38 heavy (non-hydrogen) atoms. The molecule has 0 radical (unpaired) electrons. The zero-order valence-electron chi connectivity index (χ0n) is 24.9. The number of nitrogens with one attached hydrogen (secondary N) is 1. The van der Waals surface area contributed by atoms with Crippen LogP contribution in [0.5, 0.6) is 0 Å². The number of rotatable bonds is 21. The van der Waals surface area contributed by atoms with E-state index in [4.69, 9.17) is 0 Å². The molecule has 216 valence electrons. The monoisotopic (exact) mass is 545 g/mol. The summed E-state index contributed by atoms with van der Waals surface area (Å²) >= 11 is 0. The van der Waals surface area contributed by atoms with Gasteiger partial charge in [0.05, 0.1) is 43.0 Å². The van der Waals surface area contributed by atoms with E-state index in [0.29, 0.717) is 17.0 Å². The zero-order valence-corrected chi connectivity index (χ0v) is 25.7. The van der Waals surface area contributed by atoms with Gasteiger partial charge in [0.1, 0.15) is 0 Å². The Bertz CT molecular complexity index is 945. The van der Waals surface area contributed by atoms with E-state index in [1.165, 1.54) is 77.0 Å². The summed E-state index contributed by atoms with van der Waals surface area (Å²) in [5, 5.41) is 0. The van der Waals surface area contributed by atoms with E-state index >= 15 is 0 Å². The van der Waals surface area contributed by atoms with Gasteiger partial charge in [-0.15, -0.1) is 9.53 Å². The van der Waals surface area contributed by atoms with Crippen LogP contribution in [0.4, 0.5) is 5.69 Å². The van der Waals surface area contributed by atoms with Gasteiger partial charge in [0.25, 0.3) is 0 Å². The SMILES string of the molecule is CCCCCCCC[N+](C)(CCCCCCCC)CCCS(=O)(O)(Nc1ccccc1)c1ccc(C)cc1. The summed E-state index contributed by atoms with van der Waals surface area (Å²) in [4.78, 5) is 0.484. The Balaban J connectivity index is 2.09. The third kappa shape index (κ3) is 11.6. The summed E-state index contributed by atoms with van der Waals surface area (Å²) < 4.78 is 30.5. The van der Waals surface area contributed by atoms with Crippen molar-refractivity contribution in [2.75, 3.05) is 37.2 Å². The summed E-state index contributed by atoms with van der Waals surface area (Å²) in [6, 6.07) is 17.0. The number of anilines is 1. The predicted octanol–water partition coefficient (Wildman–Crippen LogP) is 9.23. The van der Waals surface area contributed by atoms with Crippen LogP contribution < -0.4 is 4.72 Å². The van der Waals surface area contributed by atoms with Gasteiger partial charge in [-0.3, -0.25) is 9.27 Å². The molecule has 0 atom stereocenters. The highest BCUT2D eigenvalue weighted by Crippen LogP contribution is 2.35. The summed E-state index contributed by atoms with van der Waals surface area (Å²) in [6.07, 6.45) is 16.4. The number of para-hydroxylation sites is 1. The first-order valence-corrected chi connectivity index (χ1v) is 17.4. The molecule has 0 fully saturated rings. The average Bonchev–Trinajstić information content (AvgIpc) is 2.89. The highest BCUT2D eigenvalue weighted by atomic mass is 32.3. The highest BCUT2D eigenvalue weighted by molar-refractivity contribution is 8.16. The predicted molar refractivity (Wildman–Crippen MR) is 167 cm³/mol. The van der Waals surface area contributed by atoms with E-state index in [9.17, 15) is 8.76 Å². The van der Waals surface area contributed by atoms with Crippen molar-refractivity contribution in [1.82, 2.24) is 0 Å². The third-order valence-electron chi connectivity index (χ3n) is 7.93. The van der Waals surface area contributed by atoms with E-state index in [1.54, 1.807) is 0 Å². The molecule has 2 aromatic carbocycles. The minimum absolute atomic E-state index is 0.218. The summed E-state index contributed by atoms with van der Waals surface area (Å²) in [7, 11) is -1.92. The van der Waals surface area contributed by atoms with Crippen LogP contribution >= 0.6 is 0 Å². The van der Waals surface area contributed by atoms with Crippen molar-refractivity contribution in [2.45, 2.75) is 109 Å². The van der Waals surface area contributed by atoms with Gasteiger partial charge in [-0.2, -0.15) is 4.21 Å². The smallest absolute Gasteiger partial charge is 0.0800 e. The zero-order chi connectivity index (χ0) is 27.8. The van der Waals surface area contributed by atoms with Crippen molar-refractivity contribution in [2.24, 2.45) is 0 Å². The maximum Gasteiger partial charge on any atom is 0.0800 e. The molecule has 0 aliphatic heterocycles. The fourth-order valence-corrected chi connectivity index (χ4v) is 7.83. The van der Waals surface area contributed by atoms with Crippen molar-refractivity contribution >= 4 is 15.2 Å². The molecule has 2 aromatic rings. The quantitative estimate of drug-likeness (QED) is 0.121. The van der Waals surface area contributed by atoms with Crippen molar-refractivity contribution in [3.05, 3.63) is 60.2 Å². The Morgan fingerprint density at radius 2 is 1.16 bits per heavy atom. The van der Waals surface area contributed by atoms with E-state index in [1.807, 2.05) is 61.5 Å². The average molecular weight is 546 g/mol. The molecule has 5 heteroatoms. The number of nitrogens with zero attached hydrogens (tertiary/aromatic N) is 1. The minimum Gasteiger partial charge on any atom is -0.326 e. The standard InChI is InChI=1S/C33H56N2O2S/c1-5-7-9-11-13-18-27-35(4,28-19-14-12-10-8-6-2)29-20-30-38(36,37,33-25-23-31(3)24-26-33)34-32-21-16-15-17-22-32/h15-17,21-26H,5-14,18-20,27-30H2,1-4H3,(H-,34,36,37)/p+1. The summed E-state index contributed by atoms with van der Waals surface area (Å²) in [5.74, 6) is 0.218. The number of hydrogen-bond donors (Lipinski definition) is 2. The molecule has 0 saturated carbocycles. The van der Waals surface area contributed by atoms with Crippen LogP contribution in [0.25, 0.3) is 0 Å². The first-order valence-electron chi connectivity index (χ1n) is 15.3. The third-order valence-corrected chi connectivity index (χ3v) is 10.9. The fourth-order valence-electron chi connectivity index (χ4n) is 5.39. The maximum atomic E-state index is 14.5. The number of hydrogen-bond acceptors (Lipinski definition) is 1. The van der Waals surface area contributed by atoms with Crippen LogP contribution in [0.2, 0.25) is 0 Å². The number of aryl methyl sites for hydroxylation is 1. The Morgan fingerprint density at radius 3 is 1.68 bits per heavy atom. The second-order valence-electron chi connectivity index (χ2n) is 11.7. The molecule has 0 aliphatic carbocycles. The van der Waals surface area contributed by atoms with Gasteiger partial charge in [-0.05, 0) is 56.9 Å². The normalized spacial score (nSPS) is 13.2. The molecule has 2 rings (SSSR count). The molecule has 0 heterocycles. The van der Waals surface area contributed by atoms with E-state index in [-0.39, 0.29) is 5.75 Å². The topological polar surface area (TPSA) is 49.3 Å². The second kappa shape index (κ2) is 16.4. The van der Waals surface area contributed by atoms with Crippen molar-refractivity contribution in [3.63, 3.8) is 0 Å². The summed E-state index contributed by atoms with van der Waals surface area (Å²) in [6.45, 7) is 9.80. The lowest BCUT2D eigenvalue weighted by molar-refractivity contribution is -0.910. The molecule has 0 saturated heterocycles. The Kier molecular flexibility index (Phi) is 14.1. The highest BCUT2D eigenvalue weighted by Gasteiger charge is 2.31. The summed E-state index contributed by atoms with van der Waals surface area (Å²) in [5.41, 5.74) is 1.77. The lowest BCUT2D eigenvalue weighted by Crippen LogP contribution is -2.49. The van der Waals surface area contributed by atoms with Crippen molar-refractivity contribution < 1.29 is 13.2 Å². The van der Waals surface area contributed by atoms with E-state index < -0.39 is 9.53 Å². The lowest BCUT2D eigenvalue weighted by atomic mass is 10.1. The lowest BCUT2D eigenvalue weighted by Gasteiger charge is -2.45. The molecular weight excluding hydrogens is 488 g/mol. The molecule has 0 bridgehead atoms. The fraction of sp³-hybridized carbons (Fsp3) is 0.636. The number of quaternary nitrogens is 1. The van der Waals surface area contributed by atoms with Crippen LogP contribution in [0.15, 0.2) is 59.5 Å². The first-order chi connectivity index (χ1) is 18.2. The van der Waals surface area contributed by atoms with Gasteiger partial charge in [0.2, 0.25) is 0 Å². The molecule has 2 N–H and O–H groups in total. The van der Waals surface area contributed by atoms with Crippen molar-refractivity contribution in [1.29, 1.82) is 0 Å². The Labute approximate surface area is 234 Å². The molecule has 0 spiro atoms. The molecule has 4 nitrogen and oxygen atoms in total. The second-order valence-corrected chi connectivity index (χ2v) is 14.9. The van der Waals surface area contributed by atoms with Crippen LogP contribution in [-0.4, -0.2) is 45.7 Å². The molecule has 0 unspecified atom stereocenters.